The van der Waals surface area contributed by atoms with Gasteiger partial charge in [-0.15, -0.1) is 0 Å². The van der Waals surface area contributed by atoms with Crippen molar-refractivity contribution in [1.29, 1.82) is 0 Å². The van der Waals surface area contributed by atoms with Gasteiger partial charge in [0, 0.05) is 22.9 Å². The summed E-state index contributed by atoms with van der Waals surface area (Å²) in [5.41, 5.74) is 7.37. The van der Waals surface area contributed by atoms with Crippen molar-refractivity contribution in [3.8, 4) is 56.7 Å². The van der Waals surface area contributed by atoms with Gasteiger partial charge < -0.3 is 5.32 Å². The summed E-state index contributed by atoms with van der Waals surface area (Å²) in [5, 5.41) is 3.39. The predicted octanol–water partition coefficient (Wildman–Crippen LogP) is 7.71. The molecule has 1 aliphatic heterocycles. The number of nitrogens with one attached hydrogen (secondary N) is 1. The number of hydrogen-bond acceptors (Lipinski definition) is 6. The molecule has 0 spiro atoms. The van der Waals surface area contributed by atoms with Crippen LogP contribution in [0.5, 0.6) is 0 Å². The van der Waals surface area contributed by atoms with Crippen molar-refractivity contribution in [2.24, 2.45) is 0 Å². The van der Waals surface area contributed by atoms with Crippen LogP contribution in [0.25, 0.3) is 56.7 Å². The first kappa shape index (κ1) is 25.2. The molecule has 3 aromatic carbocycles. The van der Waals surface area contributed by atoms with Gasteiger partial charge in [-0.25, -0.2) is 19.9 Å². The van der Waals surface area contributed by atoms with E-state index in [0.717, 1.165) is 44.9 Å². The Balaban J connectivity index is 1.29. The average Bonchev–Trinajstić information content (AvgIpc) is 3.09. The van der Waals surface area contributed by atoms with E-state index >= 15 is 0 Å². The number of hydrogen-bond donors (Lipinski definition) is 1. The molecule has 3 aromatic heterocycles. The lowest BCUT2D eigenvalue weighted by molar-refractivity contribution is 0.722. The Morgan fingerprint density at radius 2 is 1.07 bits per heavy atom. The van der Waals surface area contributed by atoms with E-state index in [0.29, 0.717) is 17.5 Å². The summed E-state index contributed by atoms with van der Waals surface area (Å²) in [6.45, 7) is 0. The van der Waals surface area contributed by atoms with Gasteiger partial charge in [-0.05, 0) is 47.7 Å². The second kappa shape index (κ2) is 11.4. The van der Waals surface area contributed by atoms with Gasteiger partial charge in [0.05, 0.1) is 23.1 Å². The number of nitrogens with zero attached hydrogens (tertiary/aromatic N) is 5. The Hall–Kier alpha value is -5.75. The van der Waals surface area contributed by atoms with Crippen molar-refractivity contribution in [3.05, 3.63) is 152 Å². The third-order valence-corrected chi connectivity index (χ3v) is 7.04. The Bertz CT molecular complexity index is 1830. The standard InChI is InChI=1S/C36H26N6/c1-4-12-25(13-5-1)29-22-32(30-18-10-11-21-37-30)39-33(23-29)31-20-19-28(24-38-31)36-41-34(26-14-6-2-7-15-26)40-35(42-36)27-16-8-3-9-17-27/h1-24,30,37H. The van der Waals surface area contributed by atoms with Gasteiger partial charge >= 0.3 is 0 Å². The van der Waals surface area contributed by atoms with Crippen LogP contribution in [0.2, 0.25) is 0 Å². The summed E-state index contributed by atoms with van der Waals surface area (Å²) in [6, 6.07) is 38.4. The lowest BCUT2D eigenvalue weighted by Crippen LogP contribution is -2.16. The van der Waals surface area contributed by atoms with Gasteiger partial charge in [0.15, 0.2) is 17.5 Å². The lowest BCUT2D eigenvalue weighted by atomic mass is 10.0. The zero-order valence-electron chi connectivity index (χ0n) is 22.7. The van der Waals surface area contributed by atoms with Crippen LogP contribution in [-0.4, -0.2) is 24.9 Å². The Morgan fingerprint density at radius 1 is 0.476 bits per heavy atom. The van der Waals surface area contributed by atoms with Crippen LogP contribution >= 0.6 is 0 Å². The zero-order valence-corrected chi connectivity index (χ0v) is 22.7. The van der Waals surface area contributed by atoms with E-state index in [-0.39, 0.29) is 6.04 Å². The molecule has 0 amide bonds. The van der Waals surface area contributed by atoms with E-state index in [1.807, 2.05) is 116 Å². The summed E-state index contributed by atoms with van der Waals surface area (Å²) in [6.07, 6.45) is 9.87. The van der Waals surface area contributed by atoms with Crippen molar-refractivity contribution < 1.29 is 0 Å². The monoisotopic (exact) mass is 542 g/mol. The fraction of sp³-hybridized carbons (Fsp3) is 0.0278. The molecule has 1 atom stereocenters. The van der Waals surface area contributed by atoms with Gasteiger partial charge in [-0.1, -0.05) is 103 Å². The molecule has 0 aliphatic carbocycles. The maximum absolute atomic E-state index is 5.01. The summed E-state index contributed by atoms with van der Waals surface area (Å²) in [4.78, 5) is 24.3. The molecule has 200 valence electrons. The zero-order chi connectivity index (χ0) is 28.1. The third-order valence-electron chi connectivity index (χ3n) is 7.04. The van der Waals surface area contributed by atoms with Crippen LogP contribution in [0.4, 0.5) is 0 Å². The molecule has 1 aliphatic rings. The van der Waals surface area contributed by atoms with Crippen molar-refractivity contribution in [1.82, 2.24) is 30.2 Å². The maximum Gasteiger partial charge on any atom is 0.165 e. The molecule has 6 aromatic rings. The quantitative estimate of drug-likeness (QED) is 0.232. The minimum Gasteiger partial charge on any atom is -0.379 e. The molecule has 1 N–H and O–H groups in total. The number of allylic oxidation sites excluding steroid dienone is 2. The molecule has 0 saturated heterocycles. The molecule has 42 heavy (non-hydrogen) atoms. The molecule has 0 saturated carbocycles. The first-order valence-electron chi connectivity index (χ1n) is 13.8. The SMILES string of the molecule is C1=CNC(c2cc(-c3ccccc3)cc(-c3ccc(-c4nc(-c5ccccc5)nc(-c5ccccc5)n4)cn3)n2)C=C1. The molecule has 6 nitrogen and oxygen atoms in total. The van der Waals surface area contributed by atoms with Crippen LogP contribution in [0, 0.1) is 0 Å². The van der Waals surface area contributed by atoms with Crippen LogP contribution < -0.4 is 5.32 Å². The van der Waals surface area contributed by atoms with E-state index in [1.165, 1.54) is 0 Å². The van der Waals surface area contributed by atoms with Crippen molar-refractivity contribution in [3.63, 3.8) is 0 Å². The minimum absolute atomic E-state index is 0.0188. The Labute approximate surface area is 244 Å². The summed E-state index contributed by atoms with van der Waals surface area (Å²) in [7, 11) is 0. The second-order valence-corrected chi connectivity index (χ2v) is 9.89. The molecule has 7 rings (SSSR count). The Morgan fingerprint density at radius 3 is 1.62 bits per heavy atom. The second-order valence-electron chi connectivity index (χ2n) is 9.89. The minimum atomic E-state index is -0.0188. The highest BCUT2D eigenvalue weighted by molar-refractivity contribution is 5.71. The third kappa shape index (κ3) is 5.33. The van der Waals surface area contributed by atoms with Crippen LogP contribution in [0.15, 0.2) is 146 Å². The van der Waals surface area contributed by atoms with Crippen LogP contribution in [0.3, 0.4) is 0 Å². The van der Waals surface area contributed by atoms with E-state index in [9.17, 15) is 0 Å². The van der Waals surface area contributed by atoms with Crippen molar-refractivity contribution >= 4 is 0 Å². The van der Waals surface area contributed by atoms with Crippen molar-refractivity contribution in [2.45, 2.75) is 6.04 Å². The number of benzene rings is 3. The smallest absolute Gasteiger partial charge is 0.165 e. The van der Waals surface area contributed by atoms with E-state index in [4.69, 9.17) is 24.9 Å². The van der Waals surface area contributed by atoms with E-state index in [2.05, 4.69) is 35.7 Å². The summed E-state index contributed by atoms with van der Waals surface area (Å²) in [5.74, 6) is 1.80. The van der Waals surface area contributed by atoms with Crippen LogP contribution in [0.1, 0.15) is 11.7 Å². The highest BCUT2D eigenvalue weighted by atomic mass is 15.0. The molecule has 4 heterocycles. The maximum atomic E-state index is 5.01. The normalized spacial score (nSPS) is 14.0. The molecular formula is C36H26N6. The highest BCUT2D eigenvalue weighted by Crippen LogP contribution is 2.30. The van der Waals surface area contributed by atoms with Crippen molar-refractivity contribution in [2.75, 3.05) is 0 Å². The van der Waals surface area contributed by atoms with Gasteiger partial charge in [-0.2, -0.15) is 0 Å². The van der Waals surface area contributed by atoms with E-state index in [1.54, 1.807) is 0 Å². The number of dihydropyridines is 1. The first-order chi connectivity index (χ1) is 20.8. The Kier molecular flexibility index (Phi) is 6.84. The largest absolute Gasteiger partial charge is 0.379 e. The number of aromatic nitrogens is 5. The molecule has 0 bridgehead atoms. The van der Waals surface area contributed by atoms with Gasteiger partial charge in [-0.3, -0.25) is 4.98 Å². The predicted molar refractivity (Wildman–Crippen MR) is 167 cm³/mol. The molecule has 6 heteroatoms. The summed E-state index contributed by atoms with van der Waals surface area (Å²) >= 11 is 0. The van der Waals surface area contributed by atoms with Crippen LogP contribution in [-0.2, 0) is 0 Å². The average molecular weight is 543 g/mol. The fourth-order valence-corrected chi connectivity index (χ4v) is 4.88. The molecule has 0 fully saturated rings. The highest BCUT2D eigenvalue weighted by Gasteiger charge is 2.16. The molecular weight excluding hydrogens is 516 g/mol. The first-order valence-corrected chi connectivity index (χ1v) is 13.8. The number of pyridine rings is 2. The summed E-state index contributed by atoms with van der Waals surface area (Å²) < 4.78 is 0. The number of rotatable bonds is 6. The molecule has 0 radical (unpaired) electrons. The topological polar surface area (TPSA) is 76.5 Å². The lowest BCUT2D eigenvalue weighted by Gasteiger charge is -2.17. The van der Waals surface area contributed by atoms with Gasteiger partial charge in [0.2, 0.25) is 0 Å². The van der Waals surface area contributed by atoms with Gasteiger partial charge in [0.1, 0.15) is 0 Å². The van der Waals surface area contributed by atoms with Gasteiger partial charge in [0.25, 0.3) is 0 Å². The molecule has 1 unspecified atom stereocenters. The fourth-order valence-electron chi connectivity index (χ4n) is 4.88. The van der Waals surface area contributed by atoms with E-state index < -0.39 is 0 Å².